The maximum Gasteiger partial charge on any atom is 0.257 e. The first-order chi connectivity index (χ1) is 17.7. The molecule has 0 saturated heterocycles. The van der Waals surface area contributed by atoms with Crippen LogP contribution >= 0.6 is 11.3 Å². The summed E-state index contributed by atoms with van der Waals surface area (Å²) >= 11 is 1.38. The fourth-order valence-corrected chi connectivity index (χ4v) is 5.20. The molecule has 0 unspecified atom stereocenters. The van der Waals surface area contributed by atoms with Gasteiger partial charge in [0.25, 0.3) is 11.7 Å². The summed E-state index contributed by atoms with van der Waals surface area (Å²) in [6.07, 6.45) is 9.15. The summed E-state index contributed by atoms with van der Waals surface area (Å²) in [6, 6.07) is 17.8. The summed E-state index contributed by atoms with van der Waals surface area (Å²) in [5.41, 5.74) is 5.27. The van der Waals surface area contributed by atoms with Crippen LogP contribution in [-0.4, -0.2) is 35.5 Å². The van der Waals surface area contributed by atoms with E-state index in [1.54, 1.807) is 24.5 Å². The third-order valence-corrected chi connectivity index (χ3v) is 7.41. The van der Waals surface area contributed by atoms with Crippen molar-refractivity contribution in [3.05, 3.63) is 102 Å². The average molecular weight is 490 g/mol. The molecule has 8 nitrogen and oxygen atoms in total. The topological polar surface area (TPSA) is 98.0 Å². The molecule has 0 bridgehead atoms. The van der Waals surface area contributed by atoms with Crippen LogP contribution in [0.4, 0.5) is 5.13 Å². The number of imidazole rings is 1. The molecule has 1 aliphatic carbocycles. The van der Waals surface area contributed by atoms with Gasteiger partial charge in [-0.2, -0.15) is 9.61 Å². The lowest BCUT2D eigenvalue weighted by Crippen LogP contribution is -2.14. The maximum absolute atomic E-state index is 12.5. The first-order valence-electron chi connectivity index (χ1n) is 11.6. The highest BCUT2D eigenvalue weighted by molar-refractivity contribution is 7.13. The second-order valence-corrected chi connectivity index (χ2v) is 9.75. The van der Waals surface area contributed by atoms with Crippen LogP contribution in [0, 0.1) is 0 Å². The van der Waals surface area contributed by atoms with E-state index in [9.17, 15) is 4.79 Å². The molecule has 1 saturated carbocycles. The summed E-state index contributed by atoms with van der Waals surface area (Å²) in [5, 5.41) is 11.2. The molecule has 36 heavy (non-hydrogen) atoms. The number of rotatable bonds is 5. The van der Waals surface area contributed by atoms with Gasteiger partial charge < -0.3 is 0 Å². The van der Waals surface area contributed by atoms with Gasteiger partial charge in [0.15, 0.2) is 5.13 Å². The highest BCUT2D eigenvalue weighted by atomic mass is 32.1. The molecule has 1 aliphatic rings. The molecule has 1 fully saturated rings. The Balaban J connectivity index is 1.22. The predicted octanol–water partition coefficient (Wildman–Crippen LogP) is 5.13. The van der Waals surface area contributed by atoms with E-state index in [4.69, 9.17) is 5.10 Å². The van der Waals surface area contributed by atoms with Crippen molar-refractivity contribution in [2.75, 3.05) is 5.32 Å². The second-order valence-electron chi connectivity index (χ2n) is 8.86. The van der Waals surface area contributed by atoms with E-state index in [2.05, 4.69) is 49.5 Å². The van der Waals surface area contributed by atoms with Gasteiger partial charge in [0.05, 0.1) is 23.6 Å². The summed E-state index contributed by atoms with van der Waals surface area (Å²) in [4.78, 5) is 30.1. The van der Waals surface area contributed by atoms with E-state index >= 15 is 0 Å². The van der Waals surface area contributed by atoms with Gasteiger partial charge in [0.2, 0.25) is 0 Å². The monoisotopic (exact) mass is 489 g/mol. The van der Waals surface area contributed by atoms with Crippen LogP contribution in [0.2, 0.25) is 0 Å². The Morgan fingerprint density at radius 1 is 0.944 bits per heavy atom. The quantitative estimate of drug-likeness (QED) is 0.361. The van der Waals surface area contributed by atoms with Crippen LogP contribution in [0.5, 0.6) is 0 Å². The molecule has 2 aromatic carbocycles. The average Bonchev–Trinajstić information content (AvgIpc) is 3.35. The van der Waals surface area contributed by atoms with E-state index in [1.807, 2.05) is 40.5 Å². The summed E-state index contributed by atoms with van der Waals surface area (Å²) < 4.78 is 1.86. The normalized spacial score (nSPS) is 14.2. The molecule has 0 radical (unpaired) electrons. The molecule has 6 aromatic rings. The van der Waals surface area contributed by atoms with Crippen molar-refractivity contribution >= 4 is 39.1 Å². The number of benzene rings is 2. The van der Waals surface area contributed by atoms with Crippen LogP contribution in [0.1, 0.15) is 34.5 Å². The number of carbonyl (C=O) groups excluding carboxylic acids is 1. The van der Waals surface area contributed by atoms with Crippen molar-refractivity contribution in [1.82, 2.24) is 29.5 Å². The Labute approximate surface area is 209 Å². The Morgan fingerprint density at radius 2 is 1.81 bits per heavy atom. The van der Waals surface area contributed by atoms with Crippen LogP contribution < -0.4 is 5.32 Å². The number of fused-ring (bicyclic) bond motifs is 2. The zero-order valence-corrected chi connectivity index (χ0v) is 19.8. The number of thiazole rings is 1. The molecule has 9 heteroatoms. The molecule has 1 amide bonds. The smallest absolute Gasteiger partial charge is 0.257 e. The minimum absolute atomic E-state index is 0.130. The number of carbonyl (C=O) groups is 1. The first-order valence-corrected chi connectivity index (χ1v) is 12.5. The van der Waals surface area contributed by atoms with Gasteiger partial charge in [-0.25, -0.2) is 15.0 Å². The fraction of sp³-hybridized carbons (Fsp3) is 0.111. The van der Waals surface area contributed by atoms with Crippen molar-refractivity contribution in [2.45, 2.75) is 18.3 Å². The minimum atomic E-state index is -0.198. The number of pyridine rings is 1. The zero-order valence-electron chi connectivity index (χ0n) is 19.0. The van der Waals surface area contributed by atoms with Gasteiger partial charge >= 0.3 is 0 Å². The van der Waals surface area contributed by atoms with E-state index in [0.29, 0.717) is 22.2 Å². The standard InChI is InChI=1S/C27H19N7OS/c35-24(32-26-29-12-13-36-26)18-5-3-17(4-6-18)22-15-30-25-31-16-23(34(25)33-22)27(9-10-27)20-7-8-21-19(14-20)2-1-11-28-21/h1-8,11-16H,9-10H2,(H,29,32,35). The Bertz CT molecular complexity index is 1740. The van der Waals surface area contributed by atoms with Crippen molar-refractivity contribution in [2.24, 2.45) is 0 Å². The third-order valence-electron chi connectivity index (χ3n) is 6.72. The number of hydrogen-bond acceptors (Lipinski definition) is 7. The Hall–Kier alpha value is -4.50. The van der Waals surface area contributed by atoms with Gasteiger partial charge in [0, 0.05) is 39.7 Å². The number of aromatic nitrogens is 6. The fourth-order valence-electron chi connectivity index (χ4n) is 4.67. The van der Waals surface area contributed by atoms with Crippen molar-refractivity contribution in [3.8, 4) is 11.3 Å². The molecule has 4 heterocycles. The van der Waals surface area contributed by atoms with Crippen LogP contribution in [0.3, 0.4) is 0 Å². The number of hydrogen-bond donors (Lipinski definition) is 1. The van der Waals surface area contributed by atoms with E-state index < -0.39 is 0 Å². The van der Waals surface area contributed by atoms with Crippen LogP contribution in [0.15, 0.2) is 84.8 Å². The van der Waals surface area contributed by atoms with Gasteiger partial charge in [-0.05, 0) is 48.7 Å². The van der Waals surface area contributed by atoms with E-state index in [-0.39, 0.29) is 11.3 Å². The van der Waals surface area contributed by atoms with Gasteiger partial charge in [0.1, 0.15) is 5.69 Å². The molecular weight excluding hydrogens is 470 g/mol. The largest absolute Gasteiger partial charge is 0.298 e. The SMILES string of the molecule is O=C(Nc1nccs1)c1ccc(-c2cnc3ncc(C4(c5ccc6ncccc6c5)CC4)n3n2)cc1. The Morgan fingerprint density at radius 3 is 2.61 bits per heavy atom. The van der Waals surface area contributed by atoms with E-state index in [0.717, 1.165) is 35.0 Å². The third kappa shape index (κ3) is 3.44. The summed E-state index contributed by atoms with van der Waals surface area (Å²) in [6.45, 7) is 0. The lowest BCUT2D eigenvalue weighted by molar-refractivity contribution is 0.102. The number of anilines is 1. The molecule has 4 aromatic heterocycles. The number of nitrogens with one attached hydrogen (secondary N) is 1. The summed E-state index contributed by atoms with van der Waals surface area (Å²) in [7, 11) is 0. The van der Waals surface area contributed by atoms with Gasteiger partial charge in [-0.1, -0.05) is 24.3 Å². The number of nitrogens with zero attached hydrogens (tertiary/aromatic N) is 6. The van der Waals surface area contributed by atoms with Crippen LogP contribution in [0.25, 0.3) is 27.9 Å². The van der Waals surface area contributed by atoms with E-state index in [1.165, 1.54) is 16.9 Å². The number of amides is 1. The van der Waals surface area contributed by atoms with Crippen molar-refractivity contribution < 1.29 is 4.79 Å². The molecule has 1 N–H and O–H groups in total. The second kappa shape index (κ2) is 8.03. The van der Waals surface area contributed by atoms with Gasteiger partial charge in [-0.15, -0.1) is 11.3 Å². The zero-order chi connectivity index (χ0) is 24.1. The lowest BCUT2D eigenvalue weighted by Gasteiger charge is -2.16. The summed E-state index contributed by atoms with van der Waals surface area (Å²) in [5.74, 6) is 0.373. The maximum atomic E-state index is 12.5. The van der Waals surface area contributed by atoms with Crippen molar-refractivity contribution in [3.63, 3.8) is 0 Å². The minimum Gasteiger partial charge on any atom is -0.298 e. The molecule has 7 rings (SSSR count). The van der Waals surface area contributed by atoms with Gasteiger partial charge in [-0.3, -0.25) is 15.1 Å². The van der Waals surface area contributed by atoms with Crippen LogP contribution in [-0.2, 0) is 5.41 Å². The molecular formula is C27H19N7OS. The first kappa shape index (κ1) is 20.8. The molecule has 0 spiro atoms. The predicted molar refractivity (Wildman–Crippen MR) is 138 cm³/mol. The highest BCUT2D eigenvalue weighted by Gasteiger charge is 2.48. The lowest BCUT2D eigenvalue weighted by atomic mass is 9.91. The highest BCUT2D eigenvalue weighted by Crippen LogP contribution is 2.53. The molecule has 0 atom stereocenters. The molecule has 0 aliphatic heterocycles. The van der Waals surface area contributed by atoms with Crippen molar-refractivity contribution in [1.29, 1.82) is 0 Å². The Kier molecular flexibility index (Phi) is 4.65. The molecule has 174 valence electrons.